The molecule has 5 aromatic rings. The molecule has 3 heterocycles. The zero-order valence-electron chi connectivity index (χ0n) is 14.8. The number of halogens is 1. The lowest BCUT2D eigenvalue weighted by Crippen LogP contribution is -1.94. The molecule has 4 nitrogen and oxygen atoms in total. The average molecular weight is 386 g/mol. The SMILES string of the molecule is Fc1ccc(-c2nnc(SCc3cn4ccccc4n3)c3ccccc23)cc1. The molecule has 0 aliphatic rings. The molecule has 0 atom stereocenters. The number of pyridine rings is 1. The molecule has 0 spiro atoms. The van der Waals surface area contributed by atoms with Crippen LogP contribution in [0.2, 0.25) is 0 Å². The van der Waals surface area contributed by atoms with Crippen molar-refractivity contribution in [2.24, 2.45) is 0 Å². The largest absolute Gasteiger partial charge is 0.307 e. The third kappa shape index (κ3) is 3.12. The first-order valence-corrected chi connectivity index (χ1v) is 9.83. The molecular weight excluding hydrogens is 371 g/mol. The van der Waals surface area contributed by atoms with Gasteiger partial charge in [0.05, 0.1) is 5.69 Å². The van der Waals surface area contributed by atoms with Crippen LogP contribution in [0, 0.1) is 5.82 Å². The molecule has 0 saturated heterocycles. The number of thioether (sulfide) groups is 1. The molecule has 2 aromatic carbocycles. The van der Waals surface area contributed by atoms with Gasteiger partial charge in [-0.25, -0.2) is 9.37 Å². The third-order valence-electron chi connectivity index (χ3n) is 4.54. The van der Waals surface area contributed by atoms with Crippen molar-refractivity contribution in [3.63, 3.8) is 0 Å². The normalized spacial score (nSPS) is 11.3. The zero-order valence-corrected chi connectivity index (χ0v) is 15.6. The summed E-state index contributed by atoms with van der Waals surface area (Å²) in [7, 11) is 0. The summed E-state index contributed by atoms with van der Waals surface area (Å²) in [4.78, 5) is 4.64. The number of imidazole rings is 1. The molecule has 0 N–H and O–H groups in total. The number of aromatic nitrogens is 4. The summed E-state index contributed by atoms with van der Waals surface area (Å²) in [6.07, 6.45) is 4.02. The molecule has 0 fully saturated rings. The van der Waals surface area contributed by atoms with Crippen LogP contribution in [0.3, 0.4) is 0 Å². The maximum atomic E-state index is 13.3. The van der Waals surface area contributed by atoms with Gasteiger partial charge in [-0.05, 0) is 36.4 Å². The Kier molecular flexibility index (Phi) is 4.25. The van der Waals surface area contributed by atoms with E-state index in [9.17, 15) is 4.39 Å². The molecule has 0 aliphatic carbocycles. The molecule has 0 radical (unpaired) electrons. The Bertz CT molecular complexity index is 1250. The van der Waals surface area contributed by atoms with E-state index in [0.717, 1.165) is 38.4 Å². The Hall–Kier alpha value is -3.25. The second kappa shape index (κ2) is 7.05. The van der Waals surface area contributed by atoms with Crippen LogP contribution in [0.4, 0.5) is 4.39 Å². The van der Waals surface area contributed by atoms with Crippen LogP contribution in [0.15, 0.2) is 84.1 Å². The maximum absolute atomic E-state index is 13.3. The maximum Gasteiger partial charge on any atom is 0.137 e. The van der Waals surface area contributed by atoms with Crippen LogP contribution in [0.5, 0.6) is 0 Å². The van der Waals surface area contributed by atoms with Crippen molar-refractivity contribution in [2.45, 2.75) is 10.8 Å². The Labute approximate surface area is 165 Å². The topological polar surface area (TPSA) is 43.1 Å². The lowest BCUT2D eigenvalue weighted by atomic mass is 10.1. The predicted molar refractivity (Wildman–Crippen MR) is 110 cm³/mol. The number of nitrogens with zero attached hydrogens (tertiary/aromatic N) is 4. The van der Waals surface area contributed by atoms with Crippen LogP contribution < -0.4 is 0 Å². The van der Waals surface area contributed by atoms with E-state index < -0.39 is 0 Å². The molecule has 0 saturated carbocycles. The van der Waals surface area contributed by atoms with Gasteiger partial charge in [-0.3, -0.25) is 0 Å². The molecular formula is C22H15FN4S. The molecule has 0 aliphatic heterocycles. The van der Waals surface area contributed by atoms with Crippen LogP contribution in [0.1, 0.15) is 5.69 Å². The summed E-state index contributed by atoms with van der Waals surface area (Å²) in [6.45, 7) is 0. The van der Waals surface area contributed by atoms with Gasteiger partial charge in [0.15, 0.2) is 0 Å². The quantitative estimate of drug-likeness (QED) is 0.389. The molecule has 5 rings (SSSR count). The predicted octanol–water partition coefficient (Wildman–Crippen LogP) is 5.38. The van der Waals surface area contributed by atoms with Crippen molar-refractivity contribution in [3.8, 4) is 11.3 Å². The summed E-state index contributed by atoms with van der Waals surface area (Å²) >= 11 is 1.62. The summed E-state index contributed by atoms with van der Waals surface area (Å²) in [5.74, 6) is 0.441. The van der Waals surface area contributed by atoms with Crippen molar-refractivity contribution in [2.75, 3.05) is 0 Å². The van der Waals surface area contributed by atoms with E-state index in [1.807, 2.05) is 59.3 Å². The average Bonchev–Trinajstić information content (AvgIpc) is 3.16. The van der Waals surface area contributed by atoms with E-state index in [2.05, 4.69) is 15.2 Å². The lowest BCUT2D eigenvalue weighted by Gasteiger charge is -2.08. The van der Waals surface area contributed by atoms with Crippen molar-refractivity contribution < 1.29 is 4.39 Å². The fraction of sp³-hybridized carbons (Fsp3) is 0.0455. The number of rotatable bonds is 4. The fourth-order valence-electron chi connectivity index (χ4n) is 3.21. The summed E-state index contributed by atoms with van der Waals surface area (Å²) < 4.78 is 15.3. The summed E-state index contributed by atoms with van der Waals surface area (Å²) in [5, 5.41) is 11.8. The van der Waals surface area contributed by atoms with Gasteiger partial charge < -0.3 is 4.40 Å². The van der Waals surface area contributed by atoms with Gasteiger partial charge in [0.2, 0.25) is 0 Å². The first-order valence-electron chi connectivity index (χ1n) is 8.85. The Morgan fingerprint density at radius 3 is 2.46 bits per heavy atom. The van der Waals surface area contributed by atoms with Gasteiger partial charge in [-0.1, -0.05) is 42.1 Å². The minimum Gasteiger partial charge on any atom is -0.307 e. The lowest BCUT2D eigenvalue weighted by molar-refractivity contribution is 0.628. The number of hydrogen-bond acceptors (Lipinski definition) is 4. The van der Waals surface area contributed by atoms with Crippen molar-refractivity contribution in [1.82, 2.24) is 19.6 Å². The van der Waals surface area contributed by atoms with Crippen molar-refractivity contribution in [1.29, 1.82) is 0 Å². The van der Waals surface area contributed by atoms with Gasteiger partial charge in [0, 0.05) is 34.5 Å². The van der Waals surface area contributed by atoms with E-state index in [-0.39, 0.29) is 5.82 Å². The Morgan fingerprint density at radius 1 is 0.857 bits per heavy atom. The molecule has 0 amide bonds. The minimum absolute atomic E-state index is 0.263. The van der Waals surface area contributed by atoms with E-state index >= 15 is 0 Å². The fourth-order valence-corrected chi connectivity index (χ4v) is 4.06. The van der Waals surface area contributed by atoms with E-state index in [1.165, 1.54) is 12.1 Å². The van der Waals surface area contributed by atoms with Crippen molar-refractivity contribution in [3.05, 3.63) is 90.6 Å². The third-order valence-corrected chi connectivity index (χ3v) is 5.56. The van der Waals surface area contributed by atoms with E-state index in [1.54, 1.807) is 23.9 Å². The molecule has 3 aromatic heterocycles. The van der Waals surface area contributed by atoms with Crippen LogP contribution in [-0.2, 0) is 5.75 Å². The highest BCUT2D eigenvalue weighted by molar-refractivity contribution is 7.98. The summed E-state index contributed by atoms with van der Waals surface area (Å²) in [6, 6.07) is 20.3. The highest BCUT2D eigenvalue weighted by Gasteiger charge is 2.12. The van der Waals surface area contributed by atoms with Gasteiger partial charge in [0.25, 0.3) is 0 Å². The smallest absolute Gasteiger partial charge is 0.137 e. The number of fused-ring (bicyclic) bond motifs is 2. The first kappa shape index (κ1) is 16.9. The summed E-state index contributed by atoms with van der Waals surface area (Å²) in [5.41, 5.74) is 3.53. The van der Waals surface area contributed by atoms with Crippen LogP contribution in [0.25, 0.3) is 27.7 Å². The zero-order chi connectivity index (χ0) is 18.9. The molecule has 136 valence electrons. The van der Waals surface area contributed by atoms with E-state index in [0.29, 0.717) is 5.75 Å². The highest BCUT2D eigenvalue weighted by atomic mass is 32.2. The van der Waals surface area contributed by atoms with Gasteiger partial charge >= 0.3 is 0 Å². The molecule has 0 unspecified atom stereocenters. The number of benzene rings is 2. The molecule has 28 heavy (non-hydrogen) atoms. The monoisotopic (exact) mass is 386 g/mol. The van der Waals surface area contributed by atoms with Gasteiger partial charge in [0.1, 0.15) is 22.2 Å². The van der Waals surface area contributed by atoms with Gasteiger partial charge in [-0.2, -0.15) is 0 Å². The molecule has 6 heteroatoms. The van der Waals surface area contributed by atoms with E-state index in [4.69, 9.17) is 0 Å². The second-order valence-electron chi connectivity index (χ2n) is 6.39. The van der Waals surface area contributed by atoms with Gasteiger partial charge in [-0.15, -0.1) is 10.2 Å². The minimum atomic E-state index is -0.263. The Balaban J connectivity index is 1.50. The number of hydrogen-bond donors (Lipinski definition) is 0. The van der Waals surface area contributed by atoms with Crippen LogP contribution >= 0.6 is 11.8 Å². The highest BCUT2D eigenvalue weighted by Crippen LogP contribution is 2.33. The second-order valence-corrected chi connectivity index (χ2v) is 7.36. The Morgan fingerprint density at radius 2 is 1.64 bits per heavy atom. The standard InChI is InChI=1S/C22H15FN4S/c23-16-10-8-15(9-11-16)21-18-5-1-2-6-19(18)22(26-25-21)28-14-17-13-27-12-4-3-7-20(27)24-17/h1-13H,14H2. The van der Waals surface area contributed by atoms with Crippen molar-refractivity contribution >= 4 is 28.2 Å². The first-order chi connectivity index (χ1) is 13.8. The molecule has 0 bridgehead atoms. The van der Waals surface area contributed by atoms with Crippen LogP contribution in [-0.4, -0.2) is 19.6 Å².